The van der Waals surface area contributed by atoms with Crippen molar-refractivity contribution in [2.24, 2.45) is 0 Å². The van der Waals surface area contributed by atoms with Crippen molar-refractivity contribution in [3.63, 3.8) is 0 Å². The lowest BCUT2D eigenvalue weighted by Gasteiger charge is -2.26. The summed E-state index contributed by atoms with van der Waals surface area (Å²) in [6.45, 7) is 0. The molecule has 0 N–H and O–H groups in total. The number of thiophene rings is 1. The van der Waals surface area contributed by atoms with E-state index in [0.717, 1.165) is 17.1 Å². The summed E-state index contributed by atoms with van der Waals surface area (Å²) in [4.78, 5) is 2.38. The first-order chi connectivity index (χ1) is 30.2. The molecule has 1 aliphatic rings. The zero-order valence-corrected chi connectivity index (χ0v) is 35.1. The molecule has 0 atom stereocenters. The van der Waals surface area contributed by atoms with Gasteiger partial charge in [-0.15, -0.1) is 11.3 Å². The van der Waals surface area contributed by atoms with Gasteiger partial charge in [0.2, 0.25) is 0 Å². The standard InChI is InChI=1S/C58H38NSSi/c1-4-13-39(14-5-1)41-23-30-46(31-24-41)59(47-32-25-42(26-33-47)40-15-6-2-7-16-40)48-18-12-17-44(37-48)45-28-34-52-51(38-45)57-53(60-52)35-27-43-29-36-55-58(56(43)57)50-21-10-11-22-54(50)61(55)49-19-8-3-9-20-49/h1-38H. The van der Waals surface area contributed by atoms with Crippen molar-refractivity contribution in [1.82, 2.24) is 0 Å². The van der Waals surface area contributed by atoms with Crippen LogP contribution < -0.4 is 20.5 Å². The fourth-order valence-electron chi connectivity index (χ4n) is 9.47. The maximum atomic E-state index is 2.45. The van der Waals surface area contributed by atoms with E-state index in [1.54, 1.807) is 0 Å². The SMILES string of the molecule is c1ccc(-c2ccc(N(c3ccc(-c4ccccc4)cc3)c3cccc(-c4ccc5sc6ccc7ccc8c(c7c6c5c4)-c4ccccc4[Si]8c4ccccc4)c3)cc2)cc1. The summed E-state index contributed by atoms with van der Waals surface area (Å²) in [5.41, 5.74) is 13.4. The average molecular weight is 809 g/mol. The number of anilines is 3. The second kappa shape index (κ2) is 14.8. The van der Waals surface area contributed by atoms with E-state index >= 15 is 0 Å². The number of benzene rings is 10. The fraction of sp³-hybridized carbons (Fsp3) is 0. The quantitative estimate of drug-likeness (QED) is 0.145. The highest BCUT2D eigenvalue weighted by molar-refractivity contribution is 7.26. The molecule has 1 radical (unpaired) electrons. The van der Waals surface area contributed by atoms with Gasteiger partial charge in [-0.3, -0.25) is 0 Å². The Labute approximate surface area is 361 Å². The van der Waals surface area contributed by atoms with Crippen molar-refractivity contribution in [3.05, 3.63) is 231 Å². The van der Waals surface area contributed by atoms with Crippen LogP contribution in [-0.2, 0) is 0 Å². The molecule has 3 heteroatoms. The summed E-state index contributed by atoms with van der Waals surface area (Å²) < 4.78 is 2.65. The highest BCUT2D eigenvalue weighted by Crippen LogP contribution is 2.45. The van der Waals surface area contributed by atoms with E-state index in [2.05, 4.69) is 235 Å². The summed E-state index contributed by atoms with van der Waals surface area (Å²) >= 11 is 1.91. The Hall–Kier alpha value is -7.30. The molecule has 0 bridgehead atoms. The Bertz CT molecular complexity index is 3310. The van der Waals surface area contributed by atoms with Crippen LogP contribution in [0.3, 0.4) is 0 Å². The summed E-state index contributed by atoms with van der Waals surface area (Å²) in [5.74, 6) is 0. The van der Waals surface area contributed by atoms with Gasteiger partial charge in [-0.05, 0) is 120 Å². The first-order valence-electron chi connectivity index (χ1n) is 20.9. The third-order valence-electron chi connectivity index (χ3n) is 12.3. The van der Waals surface area contributed by atoms with E-state index in [4.69, 9.17) is 0 Å². The molecule has 10 aromatic carbocycles. The third-order valence-corrected chi connectivity index (χ3v) is 16.3. The Morgan fingerprint density at radius 1 is 0.344 bits per heavy atom. The van der Waals surface area contributed by atoms with Crippen LogP contribution in [0.1, 0.15) is 0 Å². The van der Waals surface area contributed by atoms with E-state index in [0.29, 0.717) is 0 Å². The van der Waals surface area contributed by atoms with Gasteiger partial charge in [0.1, 0.15) is 0 Å². The van der Waals surface area contributed by atoms with Gasteiger partial charge in [0.25, 0.3) is 0 Å². The lowest BCUT2D eigenvalue weighted by Crippen LogP contribution is -2.48. The second-order valence-electron chi connectivity index (χ2n) is 15.8. The molecule has 11 aromatic rings. The molecule has 0 fully saturated rings. The zero-order valence-electron chi connectivity index (χ0n) is 33.3. The van der Waals surface area contributed by atoms with Gasteiger partial charge in [0, 0.05) is 37.2 Å². The van der Waals surface area contributed by atoms with Crippen molar-refractivity contribution >= 4 is 83.7 Å². The lowest BCUT2D eigenvalue weighted by atomic mass is 9.94. The van der Waals surface area contributed by atoms with Crippen molar-refractivity contribution in [3.8, 4) is 44.5 Å². The predicted octanol–water partition coefficient (Wildman–Crippen LogP) is 14.2. The van der Waals surface area contributed by atoms with Crippen LogP contribution >= 0.6 is 11.3 Å². The molecule has 285 valence electrons. The minimum atomic E-state index is -1.14. The Morgan fingerprint density at radius 3 is 1.57 bits per heavy atom. The van der Waals surface area contributed by atoms with Gasteiger partial charge in [-0.2, -0.15) is 0 Å². The van der Waals surface area contributed by atoms with Crippen LogP contribution in [0.5, 0.6) is 0 Å². The highest BCUT2D eigenvalue weighted by atomic mass is 32.1. The maximum absolute atomic E-state index is 2.45. The van der Waals surface area contributed by atoms with Crippen LogP contribution in [0.25, 0.3) is 75.5 Å². The smallest absolute Gasteiger partial charge is 0.156 e. The molecule has 1 aromatic heterocycles. The summed E-state index contributed by atoms with van der Waals surface area (Å²) in [6.07, 6.45) is 0. The van der Waals surface area contributed by atoms with E-state index in [-0.39, 0.29) is 0 Å². The molecule has 0 unspecified atom stereocenters. The Morgan fingerprint density at radius 2 is 0.885 bits per heavy atom. The van der Waals surface area contributed by atoms with Gasteiger partial charge >= 0.3 is 0 Å². The summed E-state index contributed by atoms with van der Waals surface area (Å²) in [6, 6.07) is 85.1. The minimum absolute atomic E-state index is 1.11. The third kappa shape index (κ3) is 6.13. The number of hydrogen-bond donors (Lipinski definition) is 0. The van der Waals surface area contributed by atoms with Crippen molar-refractivity contribution in [1.29, 1.82) is 0 Å². The van der Waals surface area contributed by atoms with Gasteiger partial charge in [0.15, 0.2) is 8.80 Å². The van der Waals surface area contributed by atoms with Crippen molar-refractivity contribution in [2.75, 3.05) is 4.90 Å². The topological polar surface area (TPSA) is 3.24 Å². The van der Waals surface area contributed by atoms with Crippen molar-refractivity contribution in [2.45, 2.75) is 0 Å². The molecular weight excluding hydrogens is 771 g/mol. The molecule has 1 nitrogen and oxygen atoms in total. The molecule has 61 heavy (non-hydrogen) atoms. The predicted molar refractivity (Wildman–Crippen MR) is 264 cm³/mol. The van der Waals surface area contributed by atoms with Gasteiger partial charge in [-0.25, -0.2) is 0 Å². The van der Waals surface area contributed by atoms with Gasteiger partial charge in [0.05, 0.1) is 0 Å². The monoisotopic (exact) mass is 808 g/mol. The average Bonchev–Trinajstić information content (AvgIpc) is 3.89. The van der Waals surface area contributed by atoms with Gasteiger partial charge in [-0.1, -0.05) is 181 Å². The second-order valence-corrected chi connectivity index (χ2v) is 19.3. The van der Waals surface area contributed by atoms with E-state index in [9.17, 15) is 0 Å². The van der Waals surface area contributed by atoms with Gasteiger partial charge < -0.3 is 4.90 Å². The molecular formula is C58H38NSSi. The van der Waals surface area contributed by atoms with Crippen LogP contribution in [-0.4, -0.2) is 8.80 Å². The molecule has 0 saturated carbocycles. The molecule has 1 aliphatic heterocycles. The van der Waals surface area contributed by atoms with Crippen LogP contribution in [0.4, 0.5) is 17.1 Å². The van der Waals surface area contributed by atoms with Crippen LogP contribution in [0.2, 0.25) is 0 Å². The van der Waals surface area contributed by atoms with E-state index < -0.39 is 8.80 Å². The summed E-state index contributed by atoms with van der Waals surface area (Å²) in [5, 5.41) is 9.81. The molecule has 0 amide bonds. The molecule has 0 aliphatic carbocycles. The number of hydrogen-bond acceptors (Lipinski definition) is 2. The molecule has 2 heterocycles. The van der Waals surface area contributed by atoms with E-state index in [1.165, 1.54) is 91.0 Å². The highest BCUT2D eigenvalue weighted by Gasteiger charge is 2.33. The number of rotatable bonds is 7. The largest absolute Gasteiger partial charge is 0.310 e. The first-order valence-corrected chi connectivity index (χ1v) is 23.2. The fourth-order valence-corrected chi connectivity index (χ4v) is 13.5. The molecule has 0 spiro atoms. The van der Waals surface area contributed by atoms with Crippen LogP contribution in [0.15, 0.2) is 231 Å². The van der Waals surface area contributed by atoms with E-state index in [1.807, 2.05) is 11.3 Å². The Kier molecular flexibility index (Phi) is 8.62. The minimum Gasteiger partial charge on any atom is -0.310 e. The normalized spacial score (nSPS) is 12.2. The number of fused-ring (bicyclic) bond motifs is 9. The molecule has 12 rings (SSSR count). The lowest BCUT2D eigenvalue weighted by molar-refractivity contribution is 1.28. The zero-order chi connectivity index (χ0) is 40.3. The summed E-state index contributed by atoms with van der Waals surface area (Å²) in [7, 11) is -1.14. The number of nitrogens with zero attached hydrogens (tertiary/aromatic N) is 1. The molecule has 0 saturated heterocycles. The Balaban J connectivity index is 0.999. The van der Waals surface area contributed by atoms with Crippen LogP contribution in [0, 0.1) is 0 Å². The maximum Gasteiger partial charge on any atom is 0.156 e. The first kappa shape index (κ1) is 35.6. The van der Waals surface area contributed by atoms with Crippen molar-refractivity contribution < 1.29 is 0 Å².